The minimum absolute atomic E-state index is 0.169. The van der Waals surface area contributed by atoms with E-state index in [1.807, 2.05) is 11.5 Å². The smallest absolute Gasteiger partial charge is 0.259 e. The van der Waals surface area contributed by atoms with Gasteiger partial charge in [-0.05, 0) is 36.8 Å². The van der Waals surface area contributed by atoms with Crippen LogP contribution >= 0.6 is 11.3 Å². The minimum Gasteiger partial charge on any atom is -0.315 e. The van der Waals surface area contributed by atoms with E-state index in [2.05, 4.69) is 40.8 Å². The SMILES string of the molecule is CCn1cc(C(C)C)c2sc(C(C)C)c(C)c2c1=O. The molecule has 0 saturated carbocycles. The molecule has 3 heteroatoms. The van der Waals surface area contributed by atoms with Crippen LogP contribution in [0.1, 0.15) is 62.5 Å². The highest BCUT2D eigenvalue weighted by molar-refractivity contribution is 7.19. The van der Waals surface area contributed by atoms with Gasteiger partial charge in [-0.1, -0.05) is 27.7 Å². The fourth-order valence-electron chi connectivity index (χ4n) is 2.62. The molecule has 0 amide bonds. The number of aromatic nitrogens is 1. The van der Waals surface area contributed by atoms with E-state index in [9.17, 15) is 4.79 Å². The Kier molecular flexibility index (Phi) is 3.86. The summed E-state index contributed by atoms with van der Waals surface area (Å²) < 4.78 is 3.05. The number of hydrogen-bond donors (Lipinski definition) is 0. The molecule has 0 aromatic carbocycles. The van der Waals surface area contributed by atoms with E-state index < -0.39 is 0 Å². The second-order valence-electron chi connectivity index (χ2n) is 5.78. The molecule has 0 bridgehead atoms. The molecule has 0 aliphatic rings. The molecule has 2 aromatic heterocycles. The van der Waals surface area contributed by atoms with Crippen LogP contribution in [-0.4, -0.2) is 4.57 Å². The summed E-state index contributed by atoms with van der Waals surface area (Å²) in [6, 6.07) is 0. The van der Waals surface area contributed by atoms with Crippen molar-refractivity contribution in [1.29, 1.82) is 0 Å². The zero-order chi connectivity index (χ0) is 14.3. The molecule has 0 aliphatic carbocycles. The first kappa shape index (κ1) is 14.3. The lowest BCUT2D eigenvalue weighted by molar-refractivity contribution is 0.717. The van der Waals surface area contributed by atoms with Crippen LogP contribution in [0.4, 0.5) is 0 Å². The van der Waals surface area contributed by atoms with Crippen LogP contribution in [0.2, 0.25) is 0 Å². The molecule has 0 unspecified atom stereocenters. The Balaban J connectivity index is 2.94. The predicted molar refractivity (Wildman–Crippen MR) is 84.7 cm³/mol. The monoisotopic (exact) mass is 277 g/mol. The zero-order valence-corrected chi connectivity index (χ0v) is 13.5. The van der Waals surface area contributed by atoms with E-state index in [4.69, 9.17) is 0 Å². The van der Waals surface area contributed by atoms with E-state index in [0.29, 0.717) is 11.8 Å². The quantitative estimate of drug-likeness (QED) is 0.801. The molecule has 0 atom stereocenters. The normalized spacial score (nSPS) is 12.0. The maximum absolute atomic E-state index is 12.6. The van der Waals surface area contributed by atoms with Gasteiger partial charge in [0.15, 0.2) is 0 Å². The number of rotatable bonds is 3. The van der Waals surface area contributed by atoms with Crippen molar-refractivity contribution in [2.45, 2.75) is 59.9 Å². The van der Waals surface area contributed by atoms with Gasteiger partial charge in [0.1, 0.15) is 0 Å². The molecular formula is C16H23NOS. The van der Waals surface area contributed by atoms with Crippen molar-refractivity contribution >= 4 is 21.4 Å². The molecule has 2 aromatic rings. The van der Waals surface area contributed by atoms with Crippen LogP contribution in [0.3, 0.4) is 0 Å². The second-order valence-corrected chi connectivity index (χ2v) is 6.83. The number of fused-ring (bicyclic) bond motifs is 1. The molecule has 19 heavy (non-hydrogen) atoms. The Morgan fingerprint density at radius 3 is 2.32 bits per heavy atom. The third-order valence-electron chi connectivity index (χ3n) is 3.70. The van der Waals surface area contributed by atoms with Gasteiger partial charge in [-0.2, -0.15) is 0 Å². The summed E-state index contributed by atoms with van der Waals surface area (Å²) in [5.41, 5.74) is 2.66. The van der Waals surface area contributed by atoms with Crippen molar-refractivity contribution in [3.8, 4) is 0 Å². The molecule has 0 radical (unpaired) electrons. The Hall–Kier alpha value is -1.09. The molecule has 2 heterocycles. The first-order valence-electron chi connectivity index (χ1n) is 7.04. The first-order chi connectivity index (χ1) is 8.88. The standard InChI is InChI=1S/C16H23NOS/c1-7-17-8-12(9(2)3)15-13(16(17)18)11(6)14(19-15)10(4)5/h8-10H,7H2,1-6H3. The van der Waals surface area contributed by atoms with Gasteiger partial charge in [0.05, 0.1) is 5.39 Å². The zero-order valence-electron chi connectivity index (χ0n) is 12.7. The first-order valence-corrected chi connectivity index (χ1v) is 7.86. The Morgan fingerprint density at radius 2 is 1.84 bits per heavy atom. The molecule has 0 spiro atoms. The lowest BCUT2D eigenvalue weighted by Crippen LogP contribution is -2.20. The summed E-state index contributed by atoms with van der Waals surface area (Å²) in [6.45, 7) is 13.7. The molecule has 0 fully saturated rings. The van der Waals surface area contributed by atoms with Crippen molar-refractivity contribution in [1.82, 2.24) is 4.57 Å². The number of aryl methyl sites for hydroxylation is 2. The number of nitrogens with zero attached hydrogens (tertiary/aromatic N) is 1. The fourth-order valence-corrected chi connectivity index (χ4v) is 4.08. The average molecular weight is 277 g/mol. The van der Waals surface area contributed by atoms with Crippen LogP contribution in [0, 0.1) is 6.92 Å². The van der Waals surface area contributed by atoms with Crippen LogP contribution in [0.15, 0.2) is 11.0 Å². The maximum Gasteiger partial charge on any atom is 0.259 e. The number of pyridine rings is 1. The van der Waals surface area contributed by atoms with Crippen molar-refractivity contribution in [2.24, 2.45) is 0 Å². The van der Waals surface area contributed by atoms with Crippen molar-refractivity contribution in [2.75, 3.05) is 0 Å². The summed E-state index contributed by atoms with van der Waals surface area (Å²) in [6.07, 6.45) is 2.05. The highest BCUT2D eigenvalue weighted by Gasteiger charge is 2.19. The topological polar surface area (TPSA) is 22.0 Å². The molecule has 0 N–H and O–H groups in total. The number of thiophene rings is 1. The summed E-state index contributed by atoms with van der Waals surface area (Å²) in [5, 5.41) is 0.946. The van der Waals surface area contributed by atoms with Gasteiger partial charge in [0.25, 0.3) is 5.56 Å². The van der Waals surface area contributed by atoms with E-state index in [0.717, 1.165) is 11.9 Å². The fraction of sp³-hybridized carbons (Fsp3) is 0.562. The molecular weight excluding hydrogens is 254 g/mol. The molecule has 0 saturated heterocycles. The Bertz CT molecular complexity index is 661. The lowest BCUT2D eigenvalue weighted by atomic mass is 10.0. The number of hydrogen-bond acceptors (Lipinski definition) is 2. The van der Waals surface area contributed by atoms with Crippen LogP contribution < -0.4 is 5.56 Å². The van der Waals surface area contributed by atoms with Crippen LogP contribution in [0.25, 0.3) is 10.1 Å². The average Bonchev–Trinajstić information content (AvgIpc) is 2.68. The van der Waals surface area contributed by atoms with Crippen LogP contribution in [0.5, 0.6) is 0 Å². The van der Waals surface area contributed by atoms with Gasteiger partial charge >= 0.3 is 0 Å². The summed E-state index contributed by atoms with van der Waals surface area (Å²) in [7, 11) is 0. The third kappa shape index (κ3) is 2.25. The molecule has 104 valence electrons. The Labute approximate surface area is 119 Å². The van der Waals surface area contributed by atoms with Gasteiger partial charge in [-0.3, -0.25) is 4.79 Å². The summed E-state index contributed by atoms with van der Waals surface area (Å²) in [5.74, 6) is 0.922. The van der Waals surface area contributed by atoms with E-state index in [1.165, 1.54) is 20.7 Å². The van der Waals surface area contributed by atoms with Gasteiger partial charge in [-0.15, -0.1) is 11.3 Å². The van der Waals surface area contributed by atoms with Crippen LogP contribution in [-0.2, 0) is 6.54 Å². The van der Waals surface area contributed by atoms with Gasteiger partial charge < -0.3 is 4.57 Å². The van der Waals surface area contributed by atoms with Crippen molar-refractivity contribution in [3.63, 3.8) is 0 Å². The van der Waals surface area contributed by atoms with Gasteiger partial charge in [0, 0.05) is 22.3 Å². The molecule has 0 aliphatic heterocycles. The van der Waals surface area contributed by atoms with Crippen molar-refractivity contribution < 1.29 is 0 Å². The third-order valence-corrected chi connectivity index (χ3v) is 5.34. The largest absolute Gasteiger partial charge is 0.315 e. The highest BCUT2D eigenvalue weighted by atomic mass is 32.1. The van der Waals surface area contributed by atoms with Crippen molar-refractivity contribution in [3.05, 3.63) is 32.6 Å². The van der Waals surface area contributed by atoms with E-state index in [1.54, 1.807) is 11.3 Å². The Morgan fingerprint density at radius 1 is 1.21 bits per heavy atom. The summed E-state index contributed by atoms with van der Waals surface area (Å²) in [4.78, 5) is 13.9. The summed E-state index contributed by atoms with van der Waals surface area (Å²) >= 11 is 1.81. The van der Waals surface area contributed by atoms with Gasteiger partial charge in [0.2, 0.25) is 0 Å². The van der Waals surface area contributed by atoms with Gasteiger partial charge in [-0.25, -0.2) is 0 Å². The minimum atomic E-state index is 0.169. The second kappa shape index (κ2) is 5.12. The van der Waals surface area contributed by atoms with E-state index in [-0.39, 0.29) is 5.56 Å². The molecule has 2 rings (SSSR count). The maximum atomic E-state index is 12.6. The molecule has 2 nitrogen and oxygen atoms in total. The highest BCUT2D eigenvalue weighted by Crippen LogP contribution is 2.37. The van der Waals surface area contributed by atoms with E-state index >= 15 is 0 Å². The predicted octanol–water partition coefficient (Wildman–Crippen LogP) is 4.64. The lowest BCUT2D eigenvalue weighted by Gasteiger charge is -2.11.